The highest BCUT2D eigenvalue weighted by molar-refractivity contribution is 5.91. The Kier molecular flexibility index (Phi) is 5.11. The van der Waals surface area contributed by atoms with Crippen LogP contribution < -0.4 is 10.1 Å². The SMILES string of the molecule is COc1ccc(-n2nc(C(=O)NC(C)(C)CF)nc2-c2ccccn2)cn1. The summed E-state index contributed by atoms with van der Waals surface area (Å²) in [5.41, 5.74) is 0.0902. The standard InChI is InChI=1S/C18H19FN6O2/c1-18(2,11-19)23-17(26)15-22-16(13-6-4-5-9-20-13)25(24-15)12-7-8-14(27-3)21-10-12/h4-10H,11H2,1-3H3,(H,23,26). The second kappa shape index (κ2) is 7.48. The molecule has 3 aromatic heterocycles. The lowest BCUT2D eigenvalue weighted by molar-refractivity contribution is 0.0889. The molecule has 0 saturated heterocycles. The van der Waals surface area contributed by atoms with Crippen molar-refractivity contribution in [1.29, 1.82) is 0 Å². The van der Waals surface area contributed by atoms with Gasteiger partial charge in [-0.05, 0) is 32.0 Å². The van der Waals surface area contributed by atoms with E-state index in [-0.39, 0.29) is 5.82 Å². The van der Waals surface area contributed by atoms with Gasteiger partial charge in [-0.2, -0.15) is 0 Å². The van der Waals surface area contributed by atoms with Crippen LogP contribution in [0.4, 0.5) is 4.39 Å². The van der Waals surface area contributed by atoms with Crippen LogP contribution in [0.2, 0.25) is 0 Å². The average Bonchev–Trinajstić information content (AvgIpc) is 3.14. The van der Waals surface area contributed by atoms with E-state index in [0.29, 0.717) is 23.1 Å². The molecule has 0 saturated carbocycles. The molecule has 3 aromatic rings. The molecule has 1 N–H and O–H groups in total. The van der Waals surface area contributed by atoms with Crippen LogP contribution in [0.3, 0.4) is 0 Å². The smallest absolute Gasteiger partial charge is 0.291 e. The number of hydrogen-bond acceptors (Lipinski definition) is 6. The number of nitrogens with zero attached hydrogens (tertiary/aromatic N) is 5. The molecule has 0 radical (unpaired) electrons. The van der Waals surface area contributed by atoms with Gasteiger partial charge in [-0.15, -0.1) is 5.10 Å². The van der Waals surface area contributed by atoms with Crippen LogP contribution in [0.25, 0.3) is 17.2 Å². The molecule has 0 unspecified atom stereocenters. The maximum absolute atomic E-state index is 13.0. The van der Waals surface area contributed by atoms with Gasteiger partial charge in [-0.3, -0.25) is 9.78 Å². The zero-order valence-electron chi connectivity index (χ0n) is 15.2. The van der Waals surface area contributed by atoms with E-state index in [1.807, 2.05) is 0 Å². The number of carbonyl (C=O) groups excluding carboxylic acids is 1. The van der Waals surface area contributed by atoms with Gasteiger partial charge in [0.05, 0.1) is 24.5 Å². The van der Waals surface area contributed by atoms with Crippen molar-refractivity contribution in [3.05, 3.63) is 48.5 Å². The molecule has 3 heterocycles. The van der Waals surface area contributed by atoms with E-state index in [1.165, 1.54) is 11.8 Å². The summed E-state index contributed by atoms with van der Waals surface area (Å²) in [4.78, 5) is 25.2. The summed E-state index contributed by atoms with van der Waals surface area (Å²) in [5.74, 6) is 0.148. The molecular formula is C18H19FN6O2. The number of aromatic nitrogens is 5. The van der Waals surface area contributed by atoms with Gasteiger partial charge < -0.3 is 10.1 Å². The Morgan fingerprint density at radius 2 is 2.07 bits per heavy atom. The molecule has 9 heteroatoms. The molecule has 3 rings (SSSR count). The summed E-state index contributed by atoms with van der Waals surface area (Å²) >= 11 is 0. The summed E-state index contributed by atoms with van der Waals surface area (Å²) in [6.45, 7) is 2.44. The summed E-state index contributed by atoms with van der Waals surface area (Å²) in [5, 5.41) is 6.86. The van der Waals surface area contributed by atoms with E-state index in [2.05, 4.69) is 25.4 Å². The normalized spacial score (nSPS) is 11.3. The first kappa shape index (κ1) is 18.4. The van der Waals surface area contributed by atoms with Crippen molar-refractivity contribution >= 4 is 5.91 Å². The van der Waals surface area contributed by atoms with Gasteiger partial charge >= 0.3 is 0 Å². The monoisotopic (exact) mass is 370 g/mol. The third kappa shape index (κ3) is 4.08. The van der Waals surface area contributed by atoms with Crippen molar-refractivity contribution < 1.29 is 13.9 Å². The van der Waals surface area contributed by atoms with Crippen molar-refractivity contribution in [2.45, 2.75) is 19.4 Å². The van der Waals surface area contributed by atoms with Gasteiger partial charge in [-0.25, -0.2) is 19.0 Å². The summed E-state index contributed by atoms with van der Waals surface area (Å²) in [6, 6.07) is 8.74. The van der Waals surface area contributed by atoms with Crippen molar-refractivity contribution in [2.24, 2.45) is 0 Å². The Balaban J connectivity index is 2.05. The second-order valence-electron chi connectivity index (χ2n) is 6.42. The molecular weight excluding hydrogens is 351 g/mol. The van der Waals surface area contributed by atoms with E-state index < -0.39 is 18.1 Å². The number of alkyl halides is 1. The maximum atomic E-state index is 13.0. The number of rotatable bonds is 6. The number of amides is 1. The Labute approximate surface area is 155 Å². The van der Waals surface area contributed by atoms with Gasteiger partial charge in [0.1, 0.15) is 12.4 Å². The molecule has 0 fully saturated rings. The number of pyridine rings is 2. The van der Waals surface area contributed by atoms with Crippen molar-refractivity contribution in [1.82, 2.24) is 30.0 Å². The van der Waals surface area contributed by atoms with Gasteiger partial charge in [0, 0.05) is 12.3 Å². The molecule has 0 bridgehead atoms. The number of methoxy groups -OCH3 is 1. The second-order valence-corrected chi connectivity index (χ2v) is 6.42. The minimum absolute atomic E-state index is 0.0898. The molecule has 0 aromatic carbocycles. The van der Waals surface area contributed by atoms with Crippen LogP contribution in [-0.4, -0.2) is 50.0 Å². The molecule has 0 atom stereocenters. The lowest BCUT2D eigenvalue weighted by Crippen LogP contribution is -2.45. The fourth-order valence-corrected chi connectivity index (χ4v) is 2.26. The lowest BCUT2D eigenvalue weighted by atomic mass is 10.1. The first-order chi connectivity index (χ1) is 12.9. The number of hydrogen-bond donors (Lipinski definition) is 1. The maximum Gasteiger partial charge on any atom is 0.291 e. The van der Waals surface area contributed by atoms with Crippen LogP contribution in [0.15, 0.2) is 42.7 Å². The highest BCUT2D eigenvalue weighted by Gasteiger charge is 2.25. The molecule has 0 spiro atoms. The summed E-state index contributed by atoms with van der Waals surface area (Å²) in [7, 11) is 1.52. The third-order valence-corrected chi connectivity index (χ3v) is 3.66. The molecule has 0 aliphatic rings. The van der Waals surface area contributed by atoms with E-state index in [4.69, 9.17) is 4.74 Å². The Bertz CT molecular complexity index is 925. The molecule has 0 aliphatic heterocycles. The Morgan fingerprint density at radius 3 is 2.67 bits per heavy atom. The lowest BCUT2D eigenvalue weighted by Gasteiger charge is -2.21. The Hall–Kier alpha value is -3.36. The van der Waals surface area contributed by atoms with Crippen molar-refractivity contribution in [3.8, 4) is 23.1 Å². The van der Waals surface area contributed by atoms with E-state index in [1.54, 1.807) is 56.6 Å². The van der Waals surface area contributed by atoms with Crippen molar-refractivity contribution in [3.63, 3.8) is 0 Å². The quantitative estimate of drug-likeness (QED) is 0.715. The van der Waals surface area contributed by atoms with E-state index in [0.717, 1.165) is 0 Å². The molecule has 140 valence electrons. The molecule has 8 nitrogen and oxygen atoms in total. The Morgan fingerprint density at radius 1 is 1.26 bits per heavy atom. The van der Waals surface area contributed by atoms with Crippen LogP contribution in [0.1, 0.15) is 24.5 Å². The topological polar surface area (TPSA) is 94.8 Å². The number of nitrogens with one attached hydrogen (secondary N) is 1. The van der Waals surface area contributed by atoms with Crippen LogP contribution in [0.5, 0.6) is 5.88 Å². The summed E-state index contributed by atoms with van der Waals surface area (Å²) < 4.78 is 19.6. The highest BCUT2D eigenvalue weighted by Crippen LogP contribution is 2.20. The van der Waals surface area contributed by atoms with Crippen LogP contribution >= 0.6 is 0 Å². The van der Waals surface area contributed by atoms with Gasteiger partial charge in [-0.1, -0.05) is 6.07 Å². The van der Waals surface area contributed by atoms with Crippen LogP contribution in [0, 0.1) is 0 Å². The molecule has 27 heavy (non-hydrogen) atoms. The predicted molar refractivity (Wildman–Crippen MR) is 96.5 cm³/mol. The predicted octanol–water partition coefficient (Wildman–Crippen LogP) is 2.21. The largest absolute Gasteiger partial charge is 0.481 e. The first-order valence-corrected chi connectivity index (χ1v) is 8.21. The fourth-order valence-electron chi connectivity index (χ4n) is 2.26. The van der Waals surface area contributed by atoms with E-state index >= 15 is 0 Å². The van der Waals surface area contributed by atoms with Gasteiger partial charge in [0.25, 0.3) is 5.91 Å². The third-order valence-electron chi connectivity index (χ3n) is 3.66. The van der Waals surface area contributed by atoms with E-state index in [9.17, 15) is 9.18 Å². The zero-order chi connectivity index (χ0) is 19.4. The van der Waals surface area contributed by atoms with Crippen molar-refractivity contribution in [2.75, 3.05) is 13.8 Å². The fraction of sp³-hybridized carbons (Fsp3) is 0.278. The molecule has 0 aliphatic carbocycles. The summed E-state index contributed by atoms with van der Waals surface area (Å²) in [6.07, 6.45) is 3.17. The number of carbonyl (C=O) groups is 1. The first-order valence-electron chi connectivity index (χ1n) is 8.21. The van der Waals surface area contributed by atoms with Crippen LogP contribution in [-0.2, 0) is 0 Å². The average molecular weight is 370 g/mol. The minimum atomic E-state index is -1.02. The highest BCUT2D eigenvalue weighted by atomic mass is 19.1. The van der Waals surface area contributed by atoms with Gasteiger partial charge in [0.15, 0.2) is 5.82 Å². The van der Waals surface area contributed by atoms with Gasteiger partial charge in [0.2, 0.25) is 11.7 Å². The minimum Gasteiger partial charge on any atom is -0.481 e. The molecule has 1 amide bonds. The zero-order valence-corrected chi connectivity index (χ0v) is 15.2. The number of halogens is 1. The number of ether oxygens (including phenoxy) is 1.